The lowest BCUT2D eigenvalue weighted by molar-refractivity contribution is -0.137. The van der Waals surface area contributed by atoms with Crippen molar-refractivity contribution < 1.29 is 9.90 Å². The third-order valence-corrected chi connectivity index (χ3v) is 3.04. The number of rotatable bonds is 6. The molecule has 0 unspecified atom stereocenters. The molecule has 0 atom stereocenters. The van der Waals surface area contributed by atoms with Crippen molar-refractivity contribution in [2.24, 2.45) is 0 Å². The first-order valence-electron chi connectivity index (χ1n) is 6.38. The van der Waals surface area contributed by atoms with E-state index in [9.17, 15) is 4.79 Å². The number of carbonyl (C=O) groups is 1. The zero-order valence-electron chi connectivity index (χ0n) is 10.6. The molecule has 2 rings (SSSR count). The fraction of sp³-hybridized carbons (Fsp3) is 0.429. The van der Waals surface area contributed by atoms with Gasteiger partial charge in [0, 0.05) is 12.8 Å². The van der Waals surface area contributed by atoms with Gasteiger partial charge < -0.3 is 10.1 Å². The van der Waals surface area contributed by atoms with Crippen LogP contribution in [0.4, 0.5) is 0 Å². The lowest BCUT2D eigenvalue weighted by Crippen LogP contribution is -1.94. The van der Waals surface area contributed by atoms with E-state index in [-0.39, 0.29) is 6.42 Å². The molecule has 1 heterocycles. The largest absolute Gasteiger partial charge is 0.481 e. The van der Waals surface area contributed by atoms with E-state index >= 15 is 0 Å². The van der Waals surface area contributed by atoms with Crippen LogP contribution in [0, 0.1) is 0 Å². The Morgan fingerprint density at radius 1 is 1.39 bits per heavy atom. The maximum atomic E-state index is 10.4. The molecule has 1 aromatic carbocycles. The number of aryl methyl sites for hydroxylation is 2. The number of unbranched alkanes of at least 4 members (excludes halogenated alkanes) is 1. The van der Waals surface area contributed by atoms with Crippen LogP contribution in [-0.4, -0.2) is 21.0 Å². The van der Waals surface area contributed by atoms with E-state index < -0.39 is 5.97 Å². The van der Waals surface area contributed by atoms with Gasteiger partial charge in [0.1, 0.15) is 5.82 Å². The zero-order chi connectivity index (χ0) is 13.0. The lowest BCUT2D eigenvalue weighted by Gasteiger charge is -2.00. The van der Waals surface area contributed by atoms with E-state index in [2.05, 4.69) is 29.0 Å². The molecule has 0 aliphatic rings. The first-order chi connectivity index (χ1) is 8.69. The van der Waals surface area contributed by atoms with Crippen molar-refractivity contribution in [3.05, 3.63) is 29.6 Å². The van der Waals surface area contributed by atoms with E-state index in [1.165, 1.54) is 5.56 Å². The fourth-order valence-electron chi connectivity index (χ4n) is 2.04. The van der Waals surface area contributed by atoms with Crippen LogP contribution in [0.25, 0.3) is 11.0 Å². The van der Waals surface area contributed by atoms with Crippen molar-refractivity contribution >= 4 is 17.0 Å². The van der Waals surface area contributed by atoms with Gasteiger partial charge in [0.05, 0.1) is 11.0 Å². The molecule has 4 nitrogen and oxygen atoms in total. The Labute approximate surface area is 106 Å². The molecule has 2 N–H and O–H groups in total. The smallest absolute Gasteiger partial charge is 0.303 e. The molecule has 0 saturated carbocycles. The minimum atomic E-state index is -0.716. The standard InChI is InChI=1S/C14H18N2O2/c1-2-13-15-11-8-7-10(9-12(11)16-13)5-3-4-6-14(17)18/h7-9H,2-6H2,1H3,(H,15,16)(H,17,18). The summed E-state index contributed by atoms with van der Waals surface area (Å²) in [6.07, 6.45) is 3.72. The highest BCUT2D eigenvalue weighted by Crippen LogP contribution is 2.16. The Balaban J connectivity index is 1.98. The Kier molecular flexibility index (Phi) is 3.97. The number of aromatic nitrogens is 2. The summed E-state index contributed by atoms with van der Waals surface area (Å²) in [5, 5.41) is 8.57. The average Bonchev–Trinajstić information content (AvgIpc) is 2.76. The summed E-state index contributed by atoms with van der Waals surface area (Å²) >= 11 is 0. The number of carboxylic acids is 1. The predicted octanol–water partition coefficient (Wildman–Crippen LogP) is 2.92. The van der Waals surface area contributed by atoms with Crippen LogP contribution in [0.15, 0.2) is 18.2 Å². The van der Waals surface area contributed by atoms with E-state index in [1.54, 1.807) is 0 Å². The molecule has 0 bridgehead atoms. The van der Waals surface area contributed by atoms with Gasteiger partial charge >= 0.3 is 5.97 Å². The van der Waals surface area contributed by atoms with E-state index in [0.29, 0.717) is 0 Å². The molecule has 0 fully saturated rings. The summed E-state index contributed by atoms with van der Waals surface area (Å²) in [6, 6.07) is 6.21. The number of imidazole rings is 1. The number of hydrogen-bond acceptors (Lipinski definition) is 2. The van der Waals surface area contributed by atoms with Crippen LogP contribution in [-0.2, 0) is 17.6 Å². The molecular formula is C14H18N2O2. The monoisotopic (exact) mass is 246 g/mol. The van der Waals surface area contributed by atoms with Gasteiger partial charge in [0.2, 0.25) is 0 Å². The minimum Gasteiger partial charge on any atom is -0.481 e. The highest BCUT2D eigenvalue weighted by Gasteiger charge is 2.03. The van der Waals surface area contributed by atoms with Gasteiger partial charge in [-0.05, 0) is 37.0 Å². The Hall–Kier alpha value is -1.84. The van der Waals surface area contributed by atoms with E-state index in [4.69, 9.17) is 5.11 Å². The second-order valence-electron chi connectivity index (χ2n) is 4.49. The van der Waals surface area contributed by atoms with Gasteiger partial charge in [-0.15, -0.1) is 0 Å². The summed E-state index contributed by atoms with van der Waals surface area (Å²) in [5.74, 6) is 0.291. The molecule has 0 amide bonds. The normalized spacial score (nSPS) is 10.9. The number of hydrogen-bond donors (Lipinski definition) is 2. The highest BCUT2D eigenvalue weighted by molar-refractivity contribution is 5.75. The Morgan fingerprint density at radius 2 is 2.22 bits per heavy atom. The average molecular weight is 246 g/mol. The molecule has 0 radical (unpaired) electrons. The first-order valence-corrected chi connectivity index (χ1v) is 6.38. The maximum absolute atomic E-state index is 10.4. The molecular weight excluding hydrogens is 228 g/mol. The molecule has 4 heteroatoms. The minimum absolute atomic E-state index is 0.256. The second-order valence-corrected chi connectivity index (χ2v) is 4.49. The number of aromatic amines is 1. The van der Waals surface area contributed by atoms with Crippen LogP contribution in [0.2, 0.25) is 0 Å². The second kappa shape index (κ2) is 5.67. The van der Waals surface area contributed by atoms with Crippen molar-refractivity contribution in [1.29, 1.82) is 0 Å². The zero-order valence-corrected chi connectivity index (χ0v) is 10.6. The van der Waals surface area contributed by atoms with Gasteiger partial charge in [-0.25, -0.2) is 4.98 Å². The van der Waals surface area contributed by atoms with Crippen LogP contribution in [0.3, 0.4) is 0 Å². The van der Waals surface area contributed by atoms with Gasteiger partial charge in [-0.2, -0.15) is 0 Å². The van der Waals surface area contributed by atoms with Crippen LogP contribution in [0.1, 0.15) is 37.6 Å². The number of aliphatic carboxylic acids is 1. The summed E-state index contributed by atoms with van der Waals surface area (Å²) in [6.45, 7) is 2.07. The quantitative estimate of drug-likeness (QED) is 0.770. The van der Waals surface area contributed by atoms with Gasteiger partial charge in [-0.1, -0.05) is 13.0 Å². The van der Waals surface area contributed by atoms with Gasteiger partial charge in [0.25, 0.3) is 0 Å². The number of nitrogens with one attached hydrogen (secondary N) is 1. The Morgan fingerprint density at radius 3 is 2.94 bits per heavy atom. The SMILES string of the molecule is CCc1nc2ccc(CCCCC(=O)O)cc2[nH]1. The molecule has 96 valence electrons. The Bertz CT molecular complexity index is 546. The third kappa shape index (κ3) is 3.09. The van der Waals surface area contributed by atoms with Crippen molar-refractivity contribution in [1.82, 2.24) is 9.97 Å². The summed E-state index contributed by atoms with van der Waals surface area (Å²) in [5.41, 5.74) is 3.31. The fourth-order valence-corrected chi connectivity index (χ4v) is 2.04. The number of benzene rings is 1. The third-order valence-electron chi connectivity index (χ3n) is 3.04. The van der Waals surface area contributed by atoms with E-state index in [0.717, 1.165) is 42.5 Å². The number of H-pyrrole nitrogens is 1. The molecule has 0 aliphatic carbocycles. The molecule has 18 heavy (non-hydrogen) atoms. The lowest BCUT2D eigenvalue weighted by atomic mass is 10.1. The molecule has 0 saturated heterocycles. The van der Waals surface area contributed by atoms with Gasteiger partial charge in [-0.3, -0.25) is 4.79 Å². The molecule has 0 spiro atoms. The van der Waals surface area contributed by atoms with Crippen molar-refractivity contribution in [3.8, 4) is 0 Å². The summed E-state index contributed by atoms with van der Waals surface area (Å²) < 4.78 is 0. The number of nitrogens with zero attached hydrogens (tertiary/aromatic N) is 1. The topological polar surface area (TPSA) is 66.0 Å². The molecule has 2 aromatic rings. The van der Waals surface area contributed by atoms with Crippen molar-refractivity contribution in [3.63, 3.8) is 0 Å². The maximum Gasteiger partial charge on any atom is 0.303 e. The summed E-state index contributed by atoms with van der Waals surface area (Å²) in [4.78, 5) is 18.2. The molecule has 1 aromatic heterocycles. The van der Waals surface area contributed by atoms with Crippen molar-refractivity contribution in [2.45, 2.75) is 39.0 Å². The van der Waals surface area contributed by atoms with Crippen LogP contribution in [0.5, 0.6) is 0 Å². The van der Waals surface area contributed by atoms with Crippen molar-refractivity contribution in [2.75, 3.05) is 0 Å². The summed E-state index contributed by atoms with van der Waals surface area (Å²) in [7, 11) is 0. The number of fused-ring (bicyclic) bond motifs is 1. The number of carboxylic acid groups (broad SMARTS) is 1. The van der Waals surface area contributed by atoms with Crippen LogP contribution < -0.4 is 0 Å². The van der Waals surface area contributed by atoms with Crippen LogP contribution >= 0.6 is 0 Å². The highest BCUT2D eigenvalue weighted by atomic mass is 16.4. The van der Waals surface area contributed by atoms with E-state index in [1.807, 2.05) is 6.07 Å². The molecule has 0 aliphatic heterocycles. The van der Waals surface area contributed by atoms with Gasteiger partial charge in [0.15, 0.2) is 0 Å². The first kappa shape index (κ1) is 12.6. The predicted molar refractivity (Wildman–Crippen MR) is 70.7 cm³/mol.